The molecule has 15 heavy (non-hydrogen) atoms. The Morgan fingerprint density at radius 2 is 2.00 bits per heavy atom. The van der Waals surface area contributed by atoms with Crippen LogP contribution in [0.2, 0.25) is 0 Å². The molecule has 1 aliphatic rings. The van der Waals surface area contributed by atoms with Gasteiger partial charge in [-0.05, 0) is 25.2 Å². The third kappa shape index (κ3) is 2.73. The molecule has 0 N–H and O–H groups in total. The zero-order valence-electron chi connectivity index (χ0n) is 10.8. The van der Waals surface area contributed by atoms with Gasteiger partial charge in [0.1, 0.15) is 0 Å². The van der Waals surface area contributed by atoms with Crippen molar-refractivity contribution in [1.29, 1.82) is 0 Å². The molecular formula is C13H25NO. The van der Waals surface area contributed by atoms with Gasteiger partial charge in [0, 0.05) is 18.5 Å². The molecule has 1 saturated heterocycles. The molecule has 1 heterocycles. The van der Waals surface area contributed by atoms with Crippen molar-refractivity contribution in [3.63, 3.8) is 0 Å². The van der Waals surface area contributed by atoms with Gasteiger partial charge in [0.2, 0.25) is 5.91 Å². The standard InChI is InChI=1S/C13H25NO/c1-6-12-7-10(4)14(8-12)13(15)11(5)9(2)3/h9-12H,6-8H2,1-5H3. The largest absolute Gasteiger partial charge is 0.339 e. The van der Waals surface area contributed by atoms with Crippen LogP contribution in [0.15, 0.2) is 0 Å². The fraction of sp³-hybridized carbons (Fsp3) is 0.923. The summed E-state index contributed by atoms with van der Waals surface area (Å²) in [6, 6.07) is 0.448. The minimum atomic E-state index is 0.169. The highest BCUT2D eigenvalue weighted by atomic mass is 16.2. The highest BCUT2D eigenvalue weighted by molar-refractivity contribution is 5.79. The SMILES string of the molecule is CCC1CC(C)N(C(=O)C(C)C(C)C)C1. The Hall–Kier alpha value is -0.530. The molecule has 1 fully saturated rings. The monoisotopic (exact) mass is 211 g/mol. The van der Waals surface area contributed by atoms with Gasteiger partial charge >= 0.3 is 0 Å². The molecule has 1 rings (SSSR count). The normalized spacial score (nSPS) is 28.5. The second-order valence-electron chi connectivity index (χ2n) is 5.38. The van der Waals surface area contributed by atoms with Crippen LogP contribution in [-0.2, 0) is 4.79 Å². The van der Waals surface area contributed by atoms with Gasteiger partial charge in [-0.2, -0.15) is 0 Å². The molecule has 1 aliphatic heterocycles. The van der Waals surface area contributed by atoms with Crippen molar-refractivity contribution in [3.8, 4) is 0 Å². The Bertz CT molecular complexity index is 225. The number of amides is 1. The van der Waals surface area contributed by atoms with E-state index < -0.39 is 0 Å². The van der Waals surface area contributed by atoms with Crippen molar-refractivity contribution < 1.29 is 4.79 Å². The third-order valence-electron chi connectivity index (χ3n) is 3.91. The van der Waals surface area contributed by atoms with Gasteiger partial charge in [-0.25, -0.2) is 0 Å². The Morgan fingerprint density at radius 1 is 1.40 bits per heavy atom. The second kappa shape index (κ2) is 5.00. The van der Waals surface area contributed by atoms with Crippen LogP contribution in [0, 0.1) is 17.8 Å². The van der Waals surface area contributed by atoms with Gasteiger partial charge < -0.3 is 4.90 Å². The maximum Gasteiger partial charge on any atom is 0.225 e. The topological polar surface area (TPSA) is 20.3 Å². The predicted octanol–water partition coefficient (Wildman–Crippen LogP) is 2.93. The Kier molecular flexibility index (Phi) is 4.18. The molecule has 0 radical (unpaired) electrons. The summed E-state index contributed by atoms with van der Waals surface area (Å²) in [5, 5.41) is 0. The summed E-state index contributed by atoms with van der Waals surface area (Å²) in [5.74, 6) is 1.70. The molecule has 3 atom stereocenters. The van der Waals surface area contributed by atoms with E-state index in [1.54, 1.807) is 0 Å². The molecule has 2 heteroatoms. The zero-order chi connectivity index (χ0) is 11.6. The van der Waals surface area contributed by atoms with Crippen LogP contribution in [0.3, 0.4) is 0 Å². The summed E-state index contributed by atoms with van der Waals surface area (Å²) in [6.07, 6.45) is 2.39. The van der Waals surface area contributed by atoms with E-state index in [4.69, 9.17) is 0 Å². The Balaban J connectivity index is 2.61. The fourth-order valence-corrected chi connectivity index (χ4v) is 2.29. The minimum absolute atomic E-state index is 0.169. The van der Waals surface area contributed by atoms with E-state index in [0.29, 0.717) is 17.9 Å². The first kappa shape index (κ1) is 12.5. The summed E-state index contributed by atoms with van der Waals surface area (Å²) in [5.41, 5.74) is 0. The average Bonchev–Trinajstić information content (AvgIpc) is 2.57. The number of rotatable bonds is 3. The summed E-state index contributed by atoms with van der Waals surface area (Å²) in [6.45, 7) is 11.7. The van der Waals surface area contributed by atoms with Crippen molar-refractivity contribution in [1.82, 2.24) is 4.90 Å². The number of hydrogen-bond acceptors (Lipinski definition) is 1. The molecule has 1 amide bonds. The number of nitrogens with zero attached hydrogens (tertiary/aromatic N) is 1. The average molecular weight is 211 g/mol. The van der Waals surface area contributed by atoms with E-state index in [2.05, 4.69) is 39.5 Å². The number of likely N-dealkylation sites (tertiary alicyclic amines) is 1. The van der Waals surface area contributed by atoms with E-state index in [1.807, 2.05) is 0 Å². The Morgan fingerprint density at radius 3 is 2.40 bits per heavy atom. The van der Waals surface area contributed by atoms with Gasteiger partial charge in [-0.15, -0.1) is 0 Å². The molecular weight excluding hydrogens is 186 g/mol. The first-order chi connectivity index (χ1) is 6.97. The fourth-order valence-electron chi connectivity index (χ4n) is 2.29. The first-order valence-electron chi connectivity index (χ1n) is 6.27. The van der Waals surface area contributed by atoms with Crippen LogP contribution < -0.4 is 0 Å². The van der Waals surface area contributed by atoms with Crippen LogP contribution in [-0.4, -0.2) is 23.4 Å². The highest BCUT2D eigenvalue weighted by Gasteiger charge is 2.33. The lowest BCUT2D eigenvalue weighted by Crippen LogP contribution is -2.39. The maximum atomic E-state index is 12.2. The highest BCUT2D eigenvalue weighted by Crippen LogP contribution is 2.27. The van der Waals surface area contributed by atoms with Crippen LogP contribution in [0.5, 0.6) is 0 Å². The van der Waals surface area contributed by atoms with Crippen molar-refractivity contribution in [2.75, 3.05) is 6.54 Å². The molecule has 0 aromatic rings. The minimum Gasteiger partial charge on any atom is -0.339 e. The van der Waals surface area contributed by atoms with Crippen molar-refractivity contribution in [2.45, 2.75) is 53.5 Å². The number of carbonyl (C=O) groups is 1. The lowest BCUT2D eigenvalue weighted by Gasteiger charge is -2.26. The van der Waals surface area contributed by atoms with E-state index >= 15 is 0 Å². The number of hydrogen-bond donors (Lipinski definition) is 0. The molecule has 0 aromatic heterocycles. The van der Waals surface area contributed by atoms with E-state index in [9.17, 15) is 4.79 Å². The quantitative estimate of drug-likeness (QED) is 0.703. The second-order valence-corrected chi connectivity index (χ2v) is 5.38. The van der Waals surface area contributed by atoms with Crippen LogP contribution >= 0.6 is 0 Å². The van der Waals surface area contributed by atoms with Crippen LogP contribution in [0.4, 0.5) is 0 Å². The van der Waals surface area contributed by atoms with Crippen molar-refractivity contribution in [2.24, 2.45) is 17.8 Å². The molecule has 88 valence electrons. The van der Waals surface area contributed by atoms with Crippen LogP contribution in [0.1, 0.15) is 47.5 Å². The summed E-state index contributed by atoms with van der Waals surface area (Å²) >= 11 is 0. The van der Waals surface area contributed by atoms with Gasteiger partial charge in [0.05, 0.1) is 0 Å². The summed E-state index contributed by atoms with van der Waals surface area (Å²) in [7, 11) is 0. The Labute approximate surface area is 94.0 Å². The van der Waals surface area contributed by atoms with Gasteiger partial charge in [0.25, 0.3) is 0 Å². The summed E-state index contributed by atoms with van der Waals surface area (Å²) in [4.78, 5) is 14.3. The zero-order valence-corrected chi connectivity index (χ0v) is 10.8. The van der Waals surface area contributed by atoms with Crippen molar-refractivity contribution >= 4 is 5.91 Å². The summed E-state index contributed by atoms with van der Waals surface area (Å²) < 4.78 is 0. The van der Waals surface area contributed by atoms with Gasteiger partial charge in [-0.3, -0.25) is 4.79 Å². The smallest absolute Gasteiger partial charge is 0.225 e. The van der Waals surface area contributed by atoms with E-state index in [-0.39, 0.29) is 5.92 Å². The molecule has 0 aromatic carbocycles. The van der Waals surface area contributed by atoms with E-state index in [1.165, 1.54) is 12.8 Å². The molecule has 0 aliphatic carbocycles. The molecule has 0 spiro atoms. The van der Waals surface area contributed by atoms with Gasteiger partial charge in [-0.1, -0.05) is 34.1 Å². The lowest BCUT2D eigenvalue weighted by molar-refractivity contribution is -0.137. The van der Waals surface area contributed by atoms with Crippen molar-refractivity contribution in [3.05, 3.63) is 0 Å². The van der Waals surface area contributed by atoms with E-state index in [0.717, 1.165) is 12.5 Å². The van der Waals surface area contributed by atoms with Crippen LogP contribution in [0.25, 0.3) is 0 Å². The maximum absolute atomic E-state index is 12.2. The lowest BCUT2D eigenvalue weighted by atomic mass is 9.96. The third-order valence-corrected chi connectivity index (χ3v) is 3.91. The predicted molar refractivity (Wildman–Crippen MR) is 63.6 cm³/mol. The molecule has 3 unspecified atom stereocenters. The van der Waals surface area contributed by atoms with Gasteiger partial charge in [0.15, 0.2) is 0 Å². The molecule has 2 nitrogen and oxygen atoms in total. The first-order valence-corrected chi connectivity index (χ1v) is 6.27. The molecule has 0 bridgehead atoms. The molecule has 0 saturated carbocycles. The number of carbonyl (C=O) groups excluding carboxylic acids is 1.